The predicted octanol–water partition coefficient (Wildman–Crippen LogP) is 3.39. The van der Waals surface area contributed by atoms with Crippen LogP contribution in [0.5, 0.6) is 0 Å². The number of hydrogen-bond donors (Lipinski definition) is 1. The fourth-order valence-corrected chi connectivity index (χ4v) is 3.78. The molecule has 0 amide bonds. The third-order valence-electron chi connectivity index (χ3n) is 3.64. The van der Waals surface area contributed by atoms with Crippen LogP contribution in [0.15, 0.2) is 47.4 Å². The molecule has 0 aliphatic rings. The molecule has 0 aliphatic carbocycles. The summed E-state index contributed by atoms with van der Waals surface area (Å²) in [6.45, 7) is 5.06. The third-order valence-corrected chi connectivity index (χ3v) is 5.39. The van der Waals surface area contributed by atoms with Crippen LogP contribution in [0, 0.1) is 0 Å². The van der Waals surface area contributed by atoms with Crippen LogP contribution < -0.4 is 5.32 Å². The van der Waals surface area contributed by atoms with Crippen LogP contribution in [0.4, 0.5) is 0 Å². The Morgan fingerprint density at radius 3 is 2.52 bits per heavy atom. The van der Waals surface area contributed by atoms with Crippen molar-refractivity contribution in [1.29, 1.82) is 0 Å². The van der Waals surface area contributed by atoms with Crippen molar-refractivity contribution in [3.63, 3.8) is 0 Å². The highest BCUT2D eigenvalue weighted by Crippen LogP contribution is 2.20. The van der Waals surface area contributed by atoms with E-state index in [4.69, 9.17) is 0 Å². The van der Waals surface area contributed by atoms with E-state index in [1.165, 1.54) is 0 Å². The van der Waals surface area contributed by atoms with Crippen molar-refractivity contribution in [3.05, 3.63) is 42.5 Å². The van der Waals surface area contributed by atoms with Gasteiger partial charge in [-0.3, -0.25) is 0 Å². The monoisotopic (exact) mass is 305 g/mol. The van der Waals surface area contributed by atoms with Gasteiger partial charge in [-0.15, -0.1) is 0 Å². The van der Waals surface area contributed by atoms with Gasteiger partial charge in [-0.25, -0.2) is 8.42 Å². The van der Waals surface area contributed by atoms with Crippen molar-refractivity contribution in [2.45, 2.75) is 37.6 Å². The molecule has 2 rings (SSSR count). The quantitative estimate of drug-likeness (QED) is 0.853. The smallest absolute Gasteiger partial charge is 0.178 e. The Morgan fingerprint density at radius 1 is 1.10 bits per heavy atom. The molecule has 1 N–H and O–H groups in total. The molecule has 1 unspecified atom stereocenters. The lowest BCUT2D eigenvalue weighted by Crippen LogP contribution is -2.28. The fraction of sp³-hybridized carbons (Fsp3) is 0.412. The molecule has 1 atom stereocenters. The minimum atomic E-state index is -3.21. The van der Waals surface area contributed by atoms with Crippen LogP contribution in [0.3, 0.4) is 0 Å². The molecular formula is C17H23NO2S. The summed E-state index contributed by atoms with van der Waals surface area (Å²) in [4.78, 5) is 0.420. The first-order chi connectivity index (χ1) is 10.0. The van der Waals surface area contributed by atoms with Gasteiger partial charge in [0.2, 0.25) is 0 Å². The molecule has 0 heterocycles. The maximum absolute atomic E-state index is 12.4. The van der Waals surface area contributed by atoms with E-state index < -0.39 is 9.84 Å². The van der Waals surface area contributed by atoms with Crippen molar-refractivity contribution in [1.82, 2.24) is 5.32 Å². The lowest BCUT2D eigenvalue weighted by molar-refractivity contribution is 0.525. The second kappa shape index (κ2) is 7.05. The third kappa shape index (κ3) is 4.29. The van der Waals surface area contributed by atoms with Crippen molar-refractivity contribution in [3.8, 4) is 0 Å². The predicted molar refractivity (Wildman–Crippen MR) is 88.4 cm³/mol. The summed E-state index contributed by atoms with van der Waals surface area (Å²) in [7, 11) is -3.21. The number of sulfone groups is 1. The Morgan fingerprint density at radius 2 is 1.81 bits per heavy atom. The van der Waals surface area contributed by atoms with Crippen LogP contribution in [-0.2, 0) is 9.84 Å². The summed E-state index contributed by atoms with van der Waals surface area (Å²) in [6.07, 6.45) is 1.69. The zero-order chi connectivity index (χ0) is 15.3. The van der Waals surface area contributed by atoms with Gasteiger partial charge in [0.1, 0.15) is 0 Å². The molecule has 21 heavy (non-hydrogen) atoms. The molecule has 0 aliphatic heterocycles. The molecule has 0 saturated heterocycles. The number of hydrogen-bond acceptors (Lipinski definition) is 3. The summed E-state index contributed by atoms with van der Waals surface area (Å²) >= 11 is 0. The van der Waals surface area contributed by atoms with Crippen LogP contribution in [0.25, 0.3) is 10.8 Å². The maximum atomic E-state index is 12.4. The van der Waals surface area contributed by atoms with Gasteiger partial charge < -0.3 is 5.32 Å². The minimum Gasteiger partial charge on any atom is -0.314 e. The summed E-state index contributed by atoms with van der Waals surface area (Å²) in [6, 6.07) is 13.4. The van der Waals surface area contributed by atoms with E-state index in [1.807, 2.05) is 37.3 Å². The normalized spacial score (nSPS) is 13.4. The number of nitrogens with one attached hydrogen (secondary N) is 1. The molecule has 0 spiro atoms. The number of rotatable bonds is 7. The second-order valence-corrected chi connectivity index (χ2v) is 7.58. The molecule has 0 fully saturated rings. The Balaban J connectivity index is 2.10. The molecule has 0 bridgehead atoms. The van der Waals surface area contributed by atoms with E-state index in [0.717, 1.165) is 23.7 Å². The molecule has 114 valence electrons. The van der Waals surface area contributed by atoms with Gasteiger partial charge in [0.25, 0.3) is 0 Å². The van der Waals surface area contributed by atoms with E-state index in [1.54, 1.807) is 12.1 Å². The van der Waals surface area contributed by atoms with Crippen molar-refractivity contribution in [2.75, 3.05) is 12.3 Å². The molecule has 4 heteroatoms. The average Bonchev–Trinajstić information content (AvgIpc) is 2.50. The average molecular weight is 305 g/mol. The molecular weight excluding hydrogens is 282 g/mol. The van der Waals surface area contributed by atoms with Crippen LogP contribution in [0.2, 0.25) is 0 Å². The lowest BCUT2D eigenvalue weighted by atomic mass is 10.1. The SMILES string of the molecule is CCCNC(C)CCS(=O)(=O)c1ccc2ccccc2c1. The molecule has 2 aromatic carbocycles. The number of fused-ring (bicyclic) bond motifs is 1. The molecule has 0 aromatic heterocycles. The summed E-state index contributed by atoms with van der Waals surface area (Å²) < 4.78 is 24.9. The van der Waals surface area contributed by atoms with E-state index in [0.29, 0.717) is 11.3 Å². The van der Waals surface area contributed by atoms with Crippen molar-refractivity contribution < 1.29 is 8.42 Å². The van der Waals surface area contributed by atoms with Crippen LogP contribution in [-0.4, -0.2) is 26.8 Å². The van der Waals surface area contributed by atoms with Crippen molar-refractivity contribution >= 4 is 20.6 Å². The van der Waals surface area contributed by atoms with Gasteiger partial charge in [-0.2, -0.15) is 0 Å². The highest BCUT2D eigenvalue weighted by Gasteiger charge is 2.16. The molecule has 3 nitrogen and oxygen atoms in total. The molecule has 0 radical (unpaired) electrons. The topological polar surface area (TPSA) is 46.2 Å². The Bertz CT molecular complexity index is 695. The van der Waals surface area contributed by atoms with Gasteiger partial charge in [0.05, 0.1) is 10.6 Å². The van der Waals surface area contributed by atoms with Crippen LogP contribution in [0.1, 0.15) is 26.7 Å². The summed E-state index contributed by atoms with van der Waals surface area (Å²) in [5.74, 6) is 0.184. The highest BCUT2D eigenvalue weighted by atomic mass is 32.2. The van der Waals surface area contributed by atoms with Gasteiger partial charge in [0, 0.05) is 6.04 Å². The Kier molecular flexibility index (Phi) is 5.37. The van der Waals surface area contributed by atoms with Gasteiger partial charge in [0.15, 0.2) is 9.84 Å². The Hall–Kier alpha value is -1.39. The maximum Gasteiger partial charge on any atom is 0.178 e. The van der Waals surface area contributed by atoms with Gasteiger partial charge in [-0.05, 0) is 49.2 Å². The number of benzene rings is 2. The lowest BCUT2D eigenvalue weighted by Gasteiger charge is -2.13. The first-order valence-electron chi connectivity index (χ1n) is 7.48. The fourth-order valence-electron chi connectivity index (χ4n) is 2.30. The summed E-state index contributed by atoms with van der Waals surface area (Å²) in [5.41, 5.74) is 0. The minimum absolute atomic E-state index is 0.184. The van der Waals surface area contributed by atoms with E-state index in [2.05, 4.69) is 12.2 Å². The van der Waals surface area contributed by atoms with Crippen LogP contribution >= 0.6 is 0 Å². The largest absolute Gasteiger partial charge is 0.314 e. The summed E-state index contributed by atoms with van der Waals surface area (Å²) in [5, 5.41) is 5.35. The second-order valence-electron chi connectivity index (χ2n) is 5.47. The van der Waals surface area contributed by atoms with E-state index in [9.17, 15) is 8.42 Å². The van der Waals surface area contributed by atoms with E-state index in [-0.39, 0.29) is 11.8 Å². The van der Waals surface area contributed by atoms with E-state index >= 15 is 0 Å². The zero-order valence-electron chi connectivity index (χ0n) is 12.7. The molecule has 2 aromatic rings. The Labute approximate surface area is 127 Å². The first kappa shape index (κ1) is 16.0. The highest BCUT2D eigenvalue weighted by molar-refractivity contribution is 7.91. The zero-order valence-corrected chi connectivity index (χ0v) is 13.5. The van der Waals surface area contributed by atoms with Gasteiger partial charge in [-0.1, -0.05) is 37.3 Å². The standard InChI is InChI=1S/C17H23NO2S/c1-3-11-18-14(2)10-12-21(19,20)17-9-8-15-6-4-5-7-16(15)13-17/h4-9,13-14,18H,3,10-12H2,1-2H3. The van der Waals surface area contributed by atoms with Crippen molar-refractivity contribution in [2.24, 2.45) is 0 Å². The molecule has 0 saturated carbocycles. The van der Waals surface area contributed by atoms with Gasteiger partial charge >= 0.3 is 0 Å². The first-order valence-corrected chi connectivity index (χ1v) is 9.13.